The van der Waals surface area contributed by atoms with Crippen LogP contribution in [0.3, 0.4) is 0 Å². The molecule has 0 radical (unpaired) electrons. The van der Waals surface area contributed by atoms with Gasteiger partial charge in [0.05, 0.1) is 0 Å². The highest BCUT2D eigenvalue weighted by atomic mass is 14.8. The minimum absolute atomic E-state index is 0.979. The Balaban J connectivity index is 1.58. The topological polar surface area (TPSA) is 12.0 Å². The fourth-order valence-electron chi connectivity index (χ4n) is 5.67. The standard InChI is InChI=1S/C18H33N/c1-3-13-4-7-16(12-19-2)18(8-13)11-17-10-14-5-6-15(17)9-14/h13-19H,3-12H2,1-2H3. The number of hydrogen-bond donors (Lipinski definition) is 1. The average molecular weight is 263 g/mol. The lowest BCUT2D eigenvalue weighted by molar-refractivity contribution is 0.130. The van der Waals surface area contributed by atoms with Crippen molar-refractivity contribution in [1.82, 2.24) is 5.32 Å². The van der Waals surface area contributed by atoms with E-state index in [4.69, 9.17) is 0 Å². The van der Waals surface area contributed by atoms with Gasteiger partial charge in [-0.25, -0.2) is 0 Å². The van der Waals surface area contributed by atoms with Crippen LogP contribution in [0.2, 0.25) is 0 Å². The Bertz CT molecular complexity index is 287. The summed E-state index contributed by atoms with van der Waals surface area (Å²) in [5.74, 6) is 6.42. The van der Waals surface area contributed by atoms with E-state index in [0.717, 1.165) is 35.5 Å². The van der Waals surface area contributed by atoms with Gasteiger partial charge in [-0.05, 0) is 87.6 Å². The maximum absolute atomic E-state index is 3.46. The molecule has 0 amide bonds. The summed E-state index contributed by atoms with van der Waals surface area (Å²) in [6.07, 6.45) is 13.8. The summed E-state index contributed by atoms with van der Waals surface area (Å²) >= 11 is 0. The molecule has 2 bridgehead atoms. The number of nitrogens with one attached hydrogen (secondary N) is 1. The molecule has 0 aromatic carbocycles. The van der Waals surface area contributed by atoms with Gasteiger partial charge in [0.25, 0.3) is 0 Å². The summed E-state index contributed by atoms with van der Waals surface area (Å²) in [5.41, 5.74) is 0. The first-order chi connectivity index (χ1) is 9.30. The van der Waals surface area contributed by atoms with Crippen molar-refractivity contribution in [3.8, 4) is 0 Å². The van der Waals surface area contributed by atoms with Gasteiger partial charge in [0.1, 0.15) is 0 Å². The third-order valence-corrected chi connectivity index (χ3v) is 6.78. The van der Waals surface area contributed by atoms with E-state index in [2.05, 4.69) is 19.3 Å². The molecule has 3 rings (SSSR count). The first-order valence-electron chi connectivity index (χ1n) is 8.94. The highest BCUT2D eigenvalue weighted by Gasteiger charge is 2.41. The second kappa shape index (κ2) is 6.16. The molecular weight excluding hydrogens is 230 g/mol. The van der Waals surface area contributed by atoms with Gasteiger partial charge in [0, 0.05) is 0 Å². The van der Waals surface area contributed by atoms with Crippen molar-refractivity contribution >= 4 is 0 Å². The zero-order valence-corrected chi connectivity index (χ0v) is 13.0. The fraction of sp³-hybridized carbons (Fsp3) is 1.00. The van der Waals surface area contributed by atoms with Crippen LogP contribution < -0.4 is 5.32 Å². The zero-order chi connectivity index (χ0) is 13.2. The predicted molar refractivity (Wildman–Crippen MR) is 82.1 cm³/mol. The first kappa shape index (κ1) is 13.9. The summed E-state index contributed by atoms with van der Waals surface area (Å²) in [6, 6.07) is 0. The Kier molecular flexibility index (Phi) is 4.51. The van der Waals surface area contributed by atoms with Gasteiger partial charge in [-0.1, -0.05) is 26.2 Å². The van der Waals surface area contributed by atoms with Gasteiger partial charge < -0.3 is 5.32 Å². The smallest absolute Gasteiger partial charge is 0.00209 e. The van der Waals surface area contributed by atoms with E-state index >= 15 is 0 Å². The number of rotatable bonds is 5. The third kappa shape index (κ3) is 3.01. The fourth-order valence-corrected chi connectivity index (χ4v) is 5.67. The molecule has 3 saturated carbocycles. The summed E-state index contributed by atoms with van der Waals surface area (Å²) in [5, 5.41) is 3.46. The van der Waals surface area contributed by atoms with Crippen molar-refractivity contribution in [2.75, 3.05) is 13.6 Å². The molecule has 0 aromatic rings. The summed E-state index contributed by atoms with van der Waals surface area (Å²) in [6.45, 7) is 3.67. The van der Waals surface area contributed by atoms with Gasteiger partial charge in [-0.3, -0.25) is 0 Å². The van der Waals surface area contributed by atoms with Crippen molar-refractivity contribution in [1.29, 1.82) is 0 Å². The molecule has 0 aromatic heterocycles. The first-order valence-corrected chi connectivity index (χ1v) is 8.94. The molecule has 0 saturated heterocycles. The normalized spacial score (nSPS) is 45.8. The SMILES string of the molecule is CCC1CCC(CNC)C(CC2CC3CCC2C3)C1. The van der Waals surface area contributed by atoms with Crippen LogP contribution in [0.1, 0.15) is 64.7 Å². The quantitative estimate of drug-likeness (QED) is 0.771. The Hall–Kier alpha value is -0.0400. The van der Waals surface area contributed by atoms with Crippen LogP contribution in [0.5, 0.6) is 0 Å². The van der Waals surface area contributed by atoms with E-state index in [1.807, 2.05) is 0 Å². The van der Waals surface area contributed by atoms with E-state index in [-0.39, 0.29) is 0 Å². The van der Waals surface area contributed by atoms with E-state index in [1.165, 1.54) is 32.2 Å². The lowest BCUT2D eigenvalue weighted by Crippen LogP contribution is -2.33. The molecule has 0 aliphatic heterocycles. The van der Waals surface area contributed by atoms with E-state index in [0.29, 0.717) is 0 Å². The highest BCUT2D eigenvalue weighted by Crippen LogP contribution is 2.52. The van der Waals surface area contributed by atoms with Crippen molar-refractivity contribution < 1.29 is 0 Å². The minimum atomic E-state index is 0.979. The average Bonchev–Trinajstić information content (AvgIpc) is 3.03. The number of hydrogen-bond acceptors (Lipinski definition) is 1. The van der Waals surface area contributed by atoms with Crippen molar-refractivity contribution in [3.63, 3.8) is 0 Å². The molecule has 6 atom stereocenters. The van der Waals surface area contributed by atoms with Crippen molar-refractivity contribution in [2.24, 2.45) is 35.5 Å². The van der Waals surface area contributed by atoms with Crippen LogP contribution in [-0.2, 0) is 0 Å². The predicted octanol–water partition coefficient (Wildman–Crippen LogP) is 4.47. The van der Waals surface area contributed by atoms with Crippen LogP contribution in [0, 0.1) is 35.5 Å². The summed E-state index contributed by atoms with van der Waals surface area (Å²) in [4.78, 5) is 0. The Morgan fingerprint density at radius 3 is 2.42 bits per heavy atom. The summed E-state index contributed by atoms with van der Waals surface area (Å²) < 4.78 is 0. The number of fused-ring (bicyclic) bond motifs is 2. The third-order valence-electron chi connectivity index (χ3n) is 6.78. The monoisotopic (exact) mass is 263 g/mol. The molecule has 3 aliphatic rings. The van der Waals surface area contributed by atoms with Crippen LogP contribution in [0.15, 0.2) is 0 Å². The molecule has 1 N–H and O–H groups in total. The van der Waals surface area contributed by atoms with Crippen LogP contribution in [0.4, 0.5) is 0 Å². The van der Waals surface area contributed by atoms with Gasteiger partial charge in [-0.2, -0.15) is 0 Å². The van der Waals surface area contributed by atoms with E-state index < -0.39 is 0 Å². The second-order valence-electron chi connectivity index (χ2n) is 7.84. The Labute approximate surface area is 119 Å². The Morgan fingerprint density at radius 2 is 1.79 bits per heavy atom. The second-order valence-corrected chi connectivity index (χ2v) is 7.84. The highest BCUT2D eigenvalue weighted by molar-refractivity contribution is 4.92. The molecular formula is C18H33N. The van der Waals surface area contributed by atoms with E-state index in [1.54, 1.807) is 32.1 Å². The van der Waals surface area contributed by atoms with Crippen molar-refractivity contribution in [2.45, 2.75) is 64.7 Å². The minimum Gasteiger partial charge on any atom is -0.319 e. The van der Waals surface area contributed by atoms with Gasteiger partial charge in [0.15, 0.2) is 0 Å². The largest absolute Gasteiger partial charge is 0.319 e. The van der Waals surface area contributed by atoms with Gasteiger partial charge in [-0.15, -0.1) is 0 Å². The van der Waals surface area contributed by atoms with Gasteiger partial charge >= 0.3 is 0 Å². The molecule has 3 aliphatic carbocycles. The van der Waals surface area contributed by atoms with Gasteiger partial charge in [0.2, 0.25) is 0 Å². The molecule has 6 unspecified atom stereocenters. The molecule has 110 valence electrons. The molecule has 1 heteroatoms. The molecule has 0 spiro atoms. The van der Waals surface area contributed by atoms with Crippen molar-refractivity contribution in [3.05, 3.63) is 0 Å². The molecule has 3 fully saturated rings. The molecule has 19 heavy (non-hydrogen) atoms. The molecule has 0 heterocycles. The lowest BCUT2D eigenvalue weighted by Gasteiger charge is -2.38. The summed E-state index contributed by atoms with van der Waals surface area (Å²) in [7, 11) is 2.14. The van der Waals surface area contributed by atoms with Crippen LogP contribution in [0.25, 0.3) is 0 Å². The maximum Gasteiger partial charge on any atom is -0.00209 e. The van der Waals surface area contributed by atoms with Crippen LogP contribution >= 0.6 is 0 Å². The van der Waals surface area contributed by atoms with E-state index in [9.17, 15) is 0 Å². The van der Waals surface area contributed by atoms with Crippen LogP contribution in [-0.4, -0.2) is 13.6 Å². The Morgan fingerprint density at radius 1 is 0.895 bits per heavy atom. The zero-order valence-electron chi connectivity index (χ0n) is 13.0. The lowest BCUT2D eigenvalue weighted by atomic mass is 9.68. The molecule has 1 nitrogen and oxygen atoms in total. The maximum atomic E-state index is 3.46.